The van der Waals surface area contributed by atoms with E-state index in [-0.39, 0.29) is 5.54 Å². The number of nitrogens with one attached hydrogen (secondary N) is 2. The lowest BCUT2D eigenvalue weighted by Gasteiger charge is -2.38. The van der Waals surface area contributed by atoms with E-state index < -0.39 is 0 Å². The van der Waals surface area contributed by atoms with Crippen molar-refractivity contribution in [3.05, 3.63) is 29.8 Å². The second kappa shape index (κ2) is 7.14. The topological polar surface area (TPSA) is 45.6 Å². The van der Waals surface area contributed by atoms with Crippen molar-refractivity contribution in [3.8, 4) is 5.75 Å². The van der Waals surface area contributed by atoms with E-state index in [1.54, 1.807) is 7.11 Å². The predicted molar refractivity (Wildman–Crippen MR) is 90.6 cm³/mol. The summed E-state index contributed by atoms with van der Waals surface area (Å²) in [6.07, 6.45) is 7.46. The first-order valence-electron chi connectivity index (χ1n) is 8.50. The summed E-state index contributed by atoms with van der Waals surface area (Å²) in [5.74, 6) is 2.10. The number of para-hydroxylation sites is 1. The Morgan fingerprint density at radius 3 is 2.82 bits per heavy atom. The van der Waals surface area contributed by atoms with E-state index in [4.69, 9.17) is 9.73 Å². The molecular formula is C18H27N3O. The highest BCUT2D eigenvalue weighted by atomic mass is 16.5. The number of benzene rings is 1. The maximum Gasteiger partial charge on any atom is 0.123 e. The van der Waals surface area contributed by atoms with Crippen molar-refractivity contribution in [3.63, 3.8) is 0 Å². The third-order valence-electron chi connectivity index (χ3n) is 4.87. The van der Waals surface area contributed by atoms with Crippen LogP contribution in [0.4, 0.5) is 0 Å². The molecule has 1 fully saturated rings. The third-order valence-corrected chi connectivity index (χ3v) is 4.87. The average Bonchev–Trinajstić information content (AvgIpc) is 2.76. The minimum absolute atomic E-state index is 0.0801. The van der Waals surface area contributed by atoms with Gasteiger partial charge in [0.1, 0.15) is 11.6 Å². The van der Waals surface area contributed by atoms with Gasteiger partial charge in [-0.15, -0.1) is 0 Å². The molecular weight excluding hydrogens is 274 g/mol. The molecule has 2 aliphatic rings. The smallest absolute Gasteiger partial charge is 0.123 e. The number of hydrogen-bond donors (Lipinski definition) is 2. The minimum atomic E-state index is 0.0801. The number of amidine groups is 1. The largest absolute Gasteiger partial charge is 0.496 e. The van der Waals surface area contributed by atoms with E-state index >= 15 is 0 Å². The Hall–Kier alpha value is -1.55. The zero-order valence-electron chi connectivity index (χ0n) is 13.5. The zero-order valence-corrected chi connectivity index (χ0v) is 13.5. The zero-order chi connectivity index (χ0) is 15.3. The van der Waals surface area contributed by atoms with E-state index in [1.807, 2.05) is 12.1 Å². The molecule has 1 heterocycles. The molecule has 0 amide bonds. The van der Waals surface area contributed by atoms with Crippen LogP contribution in [0.15, 0.2) is 29.3 Å². The minimum Gasteiger partial charge on any atom is -0.496 e. The molecule has 4 nitrogen and oxygen atoms in total. The summed E-state index contributed by atoms with van der Waals surface area (Å²) in [5.41, 5.74) is 1.26. The molecule has 1 aromatic carbocycles. The van der Waals surface area contributed by atoms with Crippen LogP contribution in [0.5, 0.6) is 5.75 Å². The molecule has 0 bridgehead atoms. The summed E-state index contributed by atoms with van der Waals surface area (Å²) in [4.78, 5) is 4.87. The van der Waals surface area contributed by atoms with Gasteiger partial charge in [-0.1, -0.05) is 37.5 Å². The molecule has 120 valence electrons. The fourth-order valence-corrected chi connectivity index (χ4v) is 3.65. The van der Waals surface area contributed by atoms with Crippen LogP contribution in [0.25, 0.3) is 0 Å². The number of nitrogens with zero attached hydrogens (tertiary/aromatic N) is 1. The Bertz CT molecular complexity index is 521. The lowest BCUT2D eigenvalue weighted by molar-refractivity contribution is 0.310. The van der Waals surface area contributed by atoms with Gasteiger partial charge in [0.15, 0.2) is 0 Å². The van der Waals surface area contributed by atoms with Crippen LogP contribution in [-0.4, -0.2) is 31.6 Å². The van der Waals surface area contributed by atoms with Crippen LogP contribution in [0, 0.1) is 0 Å². The molecule has 1 aliphatic carbocycles. The van der Waals surface area contributed by atoms with Crippen LogP contribution in [0.2, 0.25) is 0 Å². The number of ether oxygens (including phenoxy) is 1. The van der Waals surface area contributed by atoms with Crippen LogP contribution >= 0.6 is 0 Å². The lowest BCUT2D eigenvalue weighted by atomic mass is 9.80. The summed E-state index contributed by atoms with van der Waals surface area (Å²) in [7, 11) is 1.73. The average molecular weight is 301 g/mol. The van der Waals surface area contributed by atoms with Gasteiger partial charge in [0.05, 0.1) is 12.6 Å². The Morgan fingerprint density at radius 2 is 2.00 bits per heavy atom. The number of hydrogen-bond acceptors (Lipinski definition) is 4. The molecule has 1 aliphatic heterocycles. The number of rotatable bonds is 3. The van der Waals surface area contributed by atoms with Crippen molar-refractivity contribution in [2.24, 2.45) is 4.99 Å². The van der Waals surface area contributed by atoms with Crippen LogP contribution in [0.1, 0.15) is 44.1 Å². The van der Waals surface area contributed by atoms with Gasteiger partial charge < -0.3 is 15.4 Å². The highest BCUT2D eigenvalue weighted by Gasteiger charge is 2.37. The van der Waals surface area contributed by atoms with Gasteiger partial charge in [-0.25, -0.2) is 0 Å². The molecule has 1 spiro atoms. The van der Waals surface area contributed by atoms with Gasteiger partial charge >= 0.3 is 0 Å². The Balaban J connectivity index is 1.74. The Morgan fingerprint density at radius 1 is 1.18 bits per heavy atom. The standard InChI is InChI=1S/C18H27N3O/c1-22-16-9-4-3-8-15(16)14-20-17-18(10-5-2-6-11-18)21-13-7-12-19-17/h3-4,8-9,21H,2,5-7,10-14H2,1H3,(H,19,20). The van der Waals surface area contributed by atoms with Crippen molar-refractivity contribution < 1.29 is 4.74 Å². The van der Waals surface area contributed by atoms with E-state index in [2.05, 4.69) is 22.8 Å². The number of aliphatic imine (C=N–C) groups is 1. The second-order valence-electron chi connectivity index (χ2n) is 6.32. The normalized spacial score (nSPS) is 21.0. The summed E-state index contributed by atoms with van der Waals surface area (Å²) in [6.45, 7) is 2.76. The van der Waals surface area contributed by atoms with Crippen LogP contribution < -0.4 is 15.4 Å². The van der Waals surface area contributed by atoms with Gasteiger partial charge in [-0.05, 0) is 31.9 Å². The Labute approximate surface area is 133 Å². The summed E-state index contributed by atoms with van der Waals surface area (Å²) >= 11 is 0. The predicted octanol–water partition coefficient (Wildman–Crippen LogP) is 2.88. The molecule has 22 heavy (non-hydrogen) atoms. The van der Waals surface area contributed by atoms with Crippen LogP contribution in [0.3, 0.4) is 0 Å². The molecule has 0 aromatic heterocycles. The van der Waals surface area contributed by atoms with Gasteiger partial charge in [0.2, 0.25) is 0 Å². The second-order valence-corrected chi connectivity index (χ2v) is 6.32. The fourth-order valence-electron chi connectivity index (χ4n) is 3.65. The molecule has 2 N–H and O–H groups in total. The molecule has 1 aromatic rings. The monoisotopic (exact) mass is 301 g/mol. The maximum absolute atomic E-state index is 5.45. The van der Waals surface area contributed by atoms with E-state index in [9.17, 15) is 0 Å². The SMILES string of the molecule is COc1ccccc1CNC1=NCCCNC12CCCCC2. The van der Waals surface area contributed by atoms with Gasteiger partial charge in [-0.2, -0.15) is 0 Å². The first-order valence-corrected chi connectivity index (χ1v) is 8.50. The fraction of sp³-hybridized carbons (Fsp3) is 0.611. The lowest BCUT2D eigenvalue weighted by Crippen LogP contribution is -2.57. The van der Waals surface area contributed by atoms with Crippen LogP contribution in [-0.2, 0) is 6.54 Å². The van der Waals surface area contributed by atoms with Crippen molar-refractivity contribution >= 4 is 5.84 Å². The first-order chi connectivity index (χ1) is 10.8. The van der Waals surface area contributed by atoms with Gasteiger partial charge in [0, 0.05) is 18.7 Å². The highest BCUT2D eigenvalue weighted by Crippen LogP contribution is 2.30. The van der Waals surface area contributed by atoms with Gasteiger partial charge in [0.25, 0.3) is 0 Å². The van der Waals surface area contributed by atoms with Gasteiger partial charge in [-0.3, -0.25) is 4.99 Å². The Kier molecular flexibility index (Phi) is 4.98. The molecule has 0 radical (unpaired) electrons. The number of methoxy groups -OCH3 is 1. The highest BCUT2D eigenvalue weighted by molar-refractivity contribution is 5.92. The van der Waals surface area contributed by atoms with E-state index in [0.29, 0.717) is 0 Å². The summed E-state index contributed by atoms with van der Waals surface area (Å²) in [5, 5.41) is 7.41. The molecule has 4 heteroatoms. The van der Waals surface area contributed by atoms with E-state index in [1.165, 1.54) is 37.7 Å². The van der Waals surface area contributed by atoms with Crippen molar-refractivity contribution in [2.45, 2.75) is 50.6 Å². The van der Waals surface area contributed by atoms with Crippen molar-refractivity contribution in [1.82, 2.24) is 10.6 Å². The molecule has 0 saturated heterocycles. The summed E-state index contributed by atoms with van der Waals surface area (Å²) in [6, 6.07) is 8.20. The molecule has 0 unspecified atom stereocenters. The quantitative estimate of drug-likeness (QED) is 0.902. The van der Waals surface area contributed by atoms with Crippen molar-refractivity contribution in [2.75, 3.05) is 20.2 Å². The van der Waals surface area contributed by atoms with Crippen molar-refractivity contribution in [1.29, 1.82) is 0 Å². The van der Waals surface area contributed by atoms with E-state index in [0.717, 1.165) is 37.6 Å². The molecule has 0 atom stereocenters. The molecule has 1 saturated carbocycles. The molecule has 3 rings (SSSR count). The first kappa shape index (κ1) is 15.3. The summed E-state index contributed by atoms with van der Waals surface area (Å²) < 4.78 is 5.45. The maximum atomic E-state index is 5.45. The third kappa shape index (κ3) is 3.27.